The third-order valence-electron chi connectivity index (χ3n) is 7.71. The Bertz CT molecular complexity index is 1330. The summed E-state index contributed by atoms with van der Waals surface area (Å²) < 4.78 is 17.2. The molecule has 6 N–H and O–H groups in total. The third kappa shape index (κ3) is 3.98. The molecule has 11 nitrogen and oxygen atoms in total. The Morgan fingerprint density at radius 1 is 1.11 bits per heavy atom. The van der Waals surface area contributed by atoms with Crippen LogP contribution in [-0.2, 0) is 20.7 Å². The Balaban J connectivity index is 1.65. The monoisotopic (exact) mass is 527 g/mol. The van der Waals surface area contributed by atoms with Gasteiger partial charge in [-0.3, -0.25) is 14.4 Å². The van der Waals surface area contributed by atoms with Crippen molar-refractivity contribution in [3.63, 3.8) is 0 Å². The number of fused-ring (bicyclic) bond motifs is 3. The summed E-state index contributed by atoms with van der Waals surface area (Å²) in [7, 11) is 1.35. The van der Waals surface area contributed by atoms with Crippen molar-refractivity contribution >= 4 is 17.3 Å². The third-order valence-corrected chi connectivity index (χ3v) is 7.71. The number of Topliss-reactive ketones (excluding diaryl/α,β-unsaturated/α-hetero) is 1. The molecule has 1 aliphatic heterocycles. The van der Waals surface area contributed by atoms with Crippen molar-refractivity contribution < 1.29 is 49.0 Å². The quantitative estimate of drug-likeness (QED) is 0.297. The molecule has 1 heterocycles. The summed E-state index contributed by atoms with van der Waals surface area (Å²) in [6.07, 6.45) is -3.54. The number of phenolic OH excluding ortho intramolecular Hbond substituents is 2. The Labute approximate surface area is 217 Å². The van der Waals surface area contributed by atoms with Crippen LogP contribution in [0.2, 0.25) is 0 Å². The number of ether oxygens (including phenoxy) is 3. The summed E-state index contributed by atoms with van der Waals surface area (Å²) in [4.78, 5) is 39.6. The van der Waals surface area contributed by atoms with E-state index in [-0.39, 0.29) is 58.4 Å². The van der Waals surface area contributed by atoms with Crippen molar-refractivity contribution in [3.8, 4) is 17.2 Å². The summed E-state index contributed by atoms with van der Waals surface area (Å²) in [6.45, 7) is 0.880. The smallest absolute Gasteiger partial charge is 0.202 e. The molecule has 5 unspecified atom stereocenters. The van der Waals surface area contributed by atoms with E-state index in [1.165, 1.54) is 25.3 Å². The predicted molar refractivity (Wildman–Crippen MR) is 130 cm³/mol. The zero-order chi connectivity index (χ0) is 27.5. The van der Waals surface area contributed by atoms with Gasteiger partial charge in [-0.1, -0.05) is 12.1 Å². The van der Waals surface area contributed by atoms with E-state index >= 15 is 0 Å². The first-order valence-corrected chi connectivity index (χ1v) is 12.3. The number of rotatable bonds is 5. The van der Waals surface area contributed by atoms with E-state index in [2.05, 4.69) is 0 Å². The van der Waals surface area contributed by atoms with E-state index in [4.69, 9.17) is 19.9 Å². The first-order valence-electron chi connectivity index (χ1n) is 12.3. The van der Waals surface area contributed by atoms with Crippen molar-refractivity contribution in [1.29, 1.82) is 0 Å². The molecule has 0 amide bonds. The molecule has 6 atom stereocenters. The molecule has 2 aromatic rings. The maximum atomic E-state index is 13.6. The summed E-state index contributed by atoms with van der Waals surface area (Å²) in [5, 5.41) is 42.4. The number of aliphatic hydroxyl groups is 2. The summed E-state index contributed by atoms with van der Waals surface area (Å²) in [6, 6.07) is 3.83. The van der Waals surface area contributed by atoms with Crippen LogP contribution in [0.4, 0.5) is 0 Å². The Kier molecular flexibility index (Phi) is 6.74. The highest BCUT2D eigenvalue weighted by molar-refractivity contribution is 6.31. The summed E-state index contributed by atoms with van der Waals surface area (Å²) in [5.74, 6) is -3.64. The zero-order valence-electron chi connectivity index (χ0n) is 20.8. The number of aromatic hydroxyl groups is 2. The molecule has 2 aliphatic carbocycles. The van der Waals surface area contributed by atoms with E-state index < -0.39 is 72.0 Å². The molecule has 0 spiro atoms. The molecule has 38 heavy (non-hydrogen) atoms. The van der Waals surface area contributed by atoms with E-state index in [0.717, 1.165) is 0 Å². The van der Waals surface area contributed by atoms with Gasteiger partial charge in [-0.15, -0.1) is 0 Å². The number of nitrogens with two attached hydrogens (primary N) is 1. The molecule has 3 aliphatic rings. The van der Waals surface area contributed by atoms with Gasteiger partial charge in [0.25, 0.3) is 0 Å². The van der Waals surface area contributed by atoms with Crippen LogP contribution in [0.25, 0.3) is 0 Å². The van der Waals surface area contributed by atoms with E-state index in [0.29, 0.717) is 0 Å². The zero-order valence-corrected chi connectivity index (χ0v) is 20.8. The van der Waals surface area contributed by atoms with Gasteiger partial charge in [0.2, 0.25) is 5.78 Å². The lowest BCUT2D eigenvalue weighted by molar-refractivity contribution is -0.243. The summed E-state index contributed by atoms with van der Waals surface area (Å²) in [5.41, 5.74) is 5.39. The second-order valence-corrected chi connectivity index (χ2v) is 9.93. The van der Waals surface area contributed by atoms with Gasteiger partial charge in [-0.25, -0.2) is 0 Å². The number of phenols is 2. The van der Waals surface area contributed by atoms with Crippen LogP contribution in [0.3, 0.4) is 0 Å². The van der Waals surface area contributed by atoms with Crippen LogP contribution in [0.5, 0.6) is 17.2 Å². The Hall–Kier alpha value is -3.35. The molecule has 1 saturated heterocycles. The summed E-state index contributed by atoms with van der Waals surface area (Å²) >= 11 is 0. The van der Waals surface area contributed by atoms with Crippen molar-refractivity contribution in [2.45, 2.75) is 56.8 Å². The van der Waals surface area contributed by atoms with Crippen LogP contribution in [-0.4, -0.2) is 76.0 Å². The molecule has 1 fully saturated rings. The van der Waals surface area contributed by atoms with Crippen LogP contribution in [0.1, 0.15) is 68.8 Å². The van der Waals surface area contributed by atoms with E-state index in [1.807, 2.05) is 0 Å². The predicted octanol–water partition coefficient (Wildman–Crippen LogP) is 0.886. The van der Waals surface area contributed by atoms with Crippen molar-refractivity contribution in [3.05, 3.63) is 51.6 Å². The SMILES string of the molecule is COc1cccc2c1C(=O)c1c(O)c3c(c(O)c1C2=O)CC(C(=O)CO)C[C@@H]3OC1CC(N)C(O)C(C)O1. The number of aliphatic hydroxyl groups excluding tert-OH is 2. The second kappa shape index (κ2) is 9.75. The van der Waals surface area contributed by atoms with Crippen molar-refractivity contribution in [1.82, 2.24) is 0 Å². The molecular weight excluding hydrogens is 498 g/mol. The fourth-order valence-electron chi connectivity index (χ4n) is 5.73. The lowest BCUT2D eigenvalue weighted by Gasteiger charge is -2.40. The maximum absolute atomic E-state index is 13.6. The highest BCUT2D eigenvalue weighted by Crippen LogP contribution is 2.51. The standard InChI is InChI=1S/C27H29NO10/c1-10-23(31)14(28)8-18(37-10)38-17-7-11(15(30)9-29)6-13-20(17)27(35)22-21(25(13)33)24(32)12-4-3-5-16(36-2)19(12)26(22)34/h3-5,10-11,14,17-18,23,29,31,33,35H,6-9,28H2,1-2H3/t10?,11?,14?,17-,18?,23?/m0/s1. The van der Waals surface area contributed by atoms with Gasteiger partial charge in [0.15, 0.2) is 17.9 Å². The average molecular weight is 528 g/mol. The highest BCUT2D eigenvalue weighted by atomic mass is 16.7. The van der Waals surface area contributed by atoms with Gasteiger partial charge in [-0.05, 0) is 25.8 Å². The van der Waals surface area contributed by atoms with E-state index in [9.17, 15) is 34.8 Å². The lowest BCUT2D eigenvalue weighted by atomic mass is 9.73. The molecule has 0 bridgehead atoms. The van der Waals surface area contributed by atoms with Crippen LogP contribution < -0.4 is 10.5 Å². The first-order chi connectivity index (χ1) is 18.1. The Morgan fingerprint density at radius 2 is 1.82 bits per heavy atom. The van der Waals surface area contributed by atoms with Gasteiger partial charge in [-0.2, -0.15) is 0 Å². The molecule has 5 rings (SSSR count). The normalized spacial score (nSPS) is 28.3. The number of methoxy groups -OCH3 is 1. The molecule has 0 aromatic heterocycles. The van der Waals surface area contributed by atoms with Gasteiger partial charge in [0.1, 0.15) is 23.9 Å². The fourth-order valence-corrected chi connectivity index (χ4v) is 5.73. The van der Waals surface area contributed by atoms with Crippen LogP contribution in [0.15, 0.2) is 18.2 Å². The fraction of sp³-hybridized carbons (Fsp3) is 0.444. The lowest BCUT2D eigenvalue weighted by Crippen LogP contribution is -2.52. The molecule has 0 radical (unpaired) electrons. The molecular formula is C27H29NO10. The highest BCUT2D eigenvalue weighted by Gasteiger charge is 2.45. The minimum atomic E-state index is -1.06. The van der Waals surface area contributed by atoms with Crippen LogP contribution >= 0.6 is 0 Å². The number of hydrogen-bond donors (Lipinski definition) is 5. The molecule has 2 aromatic carbocycles. The largest absolute Gasteiger partial charge is 0.507 e. The number of benzene rings is 2. The Morgan fingerprint density at radius 3 is 2.47 bits per heavy atom. The van der Waals surface area contributed by atoms with E-state index in [1.54, 1.807) is 6.92 Å². The molecule has 0 saturated carbocycles. The van der Waals surface area contributed by atoms with Gasteiger partial charge < -0.3 is 40.4 Å². The minimum Gasteiger partial charge on any atom is -0.507 e. The topological polar surface area (TPSA) is 186 Å². The number of ketones is 3. The molecule has 202 valence electrons. The first kappa shape index (κ1) is 26.3. The van der Waals surface area contributed by atoms with Crippen molar-refractivity contribution in [2.75, 3.05) is 13.7 Å². The minimum absolute atomic E-state index is 0.00621. The number of hydrogen-bond acceptors (Lipinski definition) is 11. The number of carbonyl (C=O) groups excluding carboxylic acids is 3. The number of carbonyl (C=O) groups is 3. The van der Waals surface area contributed by atoms with Gasteiger partial charge >= 0.3 is 0 Å². The van der Waals surface area contributed by atoms with Gasteiger partial charge in [0, 0.05) is 35.1 Å². The van der Waals surface area contributed by atoms with Crippen molar-refractivity contribution in [2.24, 2.45) is 11.7 Å². The second-order valence-electron chi connectivity index (χ2n) is 9.93. The van der Waals surface area contributed by atoms with Gasteiger partial charge in [0.05, 0.1) is 42.1 Å². The molecule has 11 heteroatoms. The maximum Gasteiger partial charge on any atom is 0.202 e. The van der Waals surface area contributed by atoms with Crippen LogP contribution in [0, 0.1) is 5.92 Å². The average Bonchev–Trinajstić information content (AvgIpc) is 2.90.